The molecule has 0 aromatic carbocycles. The van der Waals surface area contributed by atoms with E-state index in [1.807, 2.05) is 0 Å². The van der Waals surface area contributed by atoms with E-state index in [0.717, 1.165) is 12.0 Å². The maximum atomic E-state index is 3.87. The molecule has 15 heavy (non-hydrogen) atoms. The molecule has 0 spiro atoms. The third-order valence-electron chi connectivity index (χ3n) is 4.39. The number of nitrogens with one attached hydrogen (secondary N) is 1. The van der Waals surface area contributed by atoms with Crippen molar-refractivity contribution < 1.29 is 0 Å². The summed E-state index contributed by atoms with van der Waals surface area (Å²) in [6.07, 6.45) is 11.5. The summed E-state index contributed by atoms with van der Waals surface area (Å²) in [5, 5.41) is 3.87. The molecule has 88 valence electrons. The Morgan fingerprint density at radius 3 is 2.47 bits per heavy atom. The molecule has 0 aromatic rings. The highest BCUT2D eigenvalue weighted by molar-refractivity contribution is 4.89. The minimum atomic E-state index is 0.626. The quantitative estimate of drug-likeness (QED) is 0.703. The second-order valence-electron chi connectivity index (χ2n) is 6.13. The standard InChI is InChI=1S/C14H27N/c1-3-6-13(12-7-8-12)15-11-14(2)9-4-5-10-14/h12-13,15H,3-11H2,1-2H3. The Kier molecular flexibility index (Phi) is 3.71. The summed E-state index contributed by atoms with van der Waals surface area (Å²) in [5.74, 6) is 1.02. The normalized spacial score (nSPS) is 26.8. The zero-order chi connectivity index (χ0) is 10.7. The first-order valence-corrected chi connectivity index (χ1v) is 6.97. The highest BCUT2D eigenvalue weighted by Crippen LogP contribution is 2.38. The molecule has 0 aliphatic heterocycles. The molecule has 0 aromatic heterocycles. The van der Waals surface area contributed by atoms with Crippen molar-refractivity contribution in [1.29, 1.82) is 0 Å². The summed E-state index contributed by atoms with van der Waals surface area (Å²) in [6.45, 7) is 6.06. The lowest BCUT2D eigenvalue weighted by Gasteiger charge is -2.28. The van der Waals surface area contributed by atoms with E-state index in [4.69, 9.17) is 0 Å². The molecular weight excluding hydrogens is 182 g/mol. The van der Waals surface area contributed by atoms with Crippen LogP contribution in [0, 0.1) is 11.3 Å². The molecule has 1 atom stereocenters. The first kappa shape index (κ1) is 11.4. The monoisotopic (exact) mass is 209 g/mol. The van der Waals surface area contributed by atoms with Crippen LogP contribution >= 0.6 is 0 Å². The number of hydrogen-bond donors (Lipinski definition) is 1. The van der Waals surface area contributed by atoms with Gasteiger partial charge in [-0.05, 0) is 43.4 Å². The first-order valence-electron chi connectivity index (χ1n) is 6.97. The van der Waals surface area contributed by atoms with Gasteiger partial charge in [0.25, 0.3) is 0 Å². The average molecular weight is 209 g/mol. The largest absolute Gasteiger partial charge is 0.313 e. The van der Waals surface area contributed by atoms with Gasteiger partial charge < -0.3 is 5.32 Å². The Bertz CT molecular complexity index is 190. The van der Waals surface area contributed by atoms with Crippen molar-refractivity contribution in [3.05, 3.63) is 0 Å². The molecule has 0 heterocycles. The van der Waals surface area contributed by atoms with E-state index < -0.39 is 0 Å². The van der Waals surface area contributed by atoms with Gasteiger partial charge >= 0.3 is 0 Å². The molecule has 1 heteroatoms. The summed E-state index contributed by atoms with van der Waals surface area (Å²) in [7, 11) is 0. The van der Waals surface area contributed by atoms with E-state index in [-0.39, 0.29) is 0 Å². The molecule has 1 unspecified atom stereocenters. The Morgan fingerprint density at radius 1 is 1.27 bits per heavy atom. The third-order valence-corrected chi connectivity index (χ3v) is 4.39. The second kappa shape index (κ2) is 4.86. The fraction of sp³-hybridized carbons (Fsp3) is 1.00. The van der Waals surface area contributed by atoms with Crippen LogP contribution in [0.5, 0.6) is 0 Å². The van der Waals surface area contributed by atoms with Crippen LogP contribution in [0.1, 0.15) is 65.2 Å². The molecule has 0 bridgehead atoms. The smallest absolute Gasteiger partial charge is 0.00954 e. The van der Waals surface area contributed by atoms with Crippen LogP contribution in [0.4, 0.5) is 0 Å². The van der Waals surface area contributed by atoms with Gasteiger partial charge in [-0.15, -0.1) is 0 Å². The Hall–Kier alpha value is -0.0400. The summed E-state index contributed by atoms with van der Waals surface area (Å²) in [4.78, 5) is 0. The van der Waals surface area contributed by atoms with Gasteiger partial charge in [-0.1, -0.05) is 33.1 Å². The van der Waals surface area contributed by atoms with Crippen molar-refractivity contribution in [3.8, 4) is 0 Å². The minimum Gasteiger partial charge on any atom is -0.313 e. The summed E-state index contributed by atoms with van der Waals surface area (Å²) in [6, 6.07) is 0.840. The summed E-state index contributed by atoms with van der Waals surface area (Å²) in [5.41, 5.74) is 0.626. The molecular formula is C14H27N. The van der Waals surface area contributed by atoms with Gasteiger partial charge in [0.2, 0.25) is 0 Å². The lowest BCUT2D eigenvalue weighted by molar-refractivity contribution is 0.282. The zero-order valence-corrected chi connectivity index (χ0v) is 10.5. The van der Waals surface area contributed by atoms with E-state index >= 15 is 0 Å². The molecule has 0 radical (unpaired) electrons. The van der Waals surface area contributed by atoms with Crippen LogP contribution in [-0.4, -0.2) is 12.6 Å². The van der Waals surface area contributed by atoms with Crippen LogP contribution in [0.15, 0.2) is 0 Å². The molecule has 2 fully saturated rings. The lowest BCUT2D eigenvalue weighted by atomic mass is 9.88. The van der Waals surface area contributed by atoms with E-state index in [1.165, 1.54) is 57.9 Å². The van der Waals surface area contributed by atoms with E-state index in [1.54, 1.807) is 0 Å². The van der Waals surface area contributed by atoms with Crippen LogP contribution in [-0.2, 0) is 0 Å². The van der Waals surface area contributed by atoms with Crippen molar-refractivity contribution in [1.82, 2.24) is 5.32 Å². The Labute approximate surface area is 95.0 Å². The predicted octanol–water partition coefficient (Wildman–Crippen LogP) is 3.74. The maximum Gasteiger partial charge on any atom is 0.00954 e. The van der Waals surface area contributed by atoms with E-state index in [9.17, 15) is 0 Å². The predicted molar refractivity (Wildman–Crippen MR) is 66.0 cm³/mol. The summed E-state index contributed by atoms with van der Waals surface area (Å²) >= 11 is 0. The van der Waals surface area contributed by atoms with Crippen molar-refractivity contribution in [2.24, 2.45) is 11.3 Å². The van der Waals surface area contributed by atoms with Gasteiger partial charge in [0.15, 0.2) is 0 Å². The van der Waals surface area contributed by atoms with Crippen molar-refractivity contribution in [3.63, 3.8) is 0 Å². The zero-order valence-electron chi connectivity index (χ0n) is 10.5. The van der Waals surface area contributed by atoms with E-state index in [2.05, 4.69) is 19.2 Å². The molecule has 2 aliphatic rings. The van der Waals surface area contributed by atoms with Crippen LogP contribution in [0.2, 0.25) is 0 Å². The van der Waals surface area contributed by atoms with Gasteiger partial charge in [-0.2, -0.15) is 0 Å². The van der Waals surface area contributed by atoms with Gasteiger partial charge in [-0.25, -0.2) is 0 Å². The molecule has 0 amide bonds. The Balaban J connectivity index is 1.74. The van der Waals surface area contributed by atoms with Crippen molar-refractivity contribution >= 4 is 0 Å². The highest BCUT2D eigenvalue weighted by atomic mass is 14.9. The van der Waals surface area contributed by atoms with Crippen molar-refractivity contribution in [2.75, 3.05) is 6.54 Å². The third kappa shape index (κ3) is 3.21. The topological polar surface area (TPSA) is 12.0 Å². The molecule has 1 nitrogen and oxygen atoms in total. The lowest BCUT2D eigenvalue weighted by Crippen LogP contribution is -2.38. The van der Waals surface area contributed by atoms with Gasteiger partial charge in [0.1, 0.15) is 0 Å². The molecule has 1 N–H and O–H groups in total. The maximum absolute atomic E-state index is 3.87. The highest BCUT2D eigenvalue weighted by Gasteiger charge is 2.33. The Morgan fingerprint density at radius 2 is 1.93 bits per heavy atom. The minimum absolute atomic E-state index is 0.626. The SMILES string of the molecule is CCCC(NCC1(C)CCCC1)C1CC1. The van der Waals surface area contributed by atoms with Crippen LogP contribution in [0.3, 0.4) is 0 Å². The molecule has 0 saturated heterocycles. The molecule has 2 aliphatic carbocycles. The second-order valence-corrected chi connectivity index (χ2v) is 6.13. The first-order chi connectivity index (χ1) is 7.23. The van der Waals surface area contributed by atoms with Gasteiger partial charge in [-0.3, -0.25) is 0 Å². The fourth-order valence-corrected chi connectivity index (χ4v) is 3.10. The van der Waals surface area contributed by atoms with Crippen LogP contribution in [0.25, 0.3) is 0 Å². The summed E-state index contributed by atoms with van der Waals surface area (Å²) < 4.78 is 0. The number of rotatable bonds is 6. The molecule has 2 rings (SSSR count). The molecule has 2 saturated carbocycles. The van der Waals surface area contributed by atoms with Gasteiger partial charge in [0, 0.05) is 12.6 Å². The van der Waals surface area contributed by atoms with E-state index in [0.29, 0.717) is 5.41 Å². The fourth-order valence-electron chi connectivity index (χ4n) is 3.10. The van der Waals surface area contributed by atoms with Crippen LogP contribution < -0.4 is 5.32 Å². The number of hydrogen-bond acceptors (Lipinski definition) is 1. The van der Waals surface area contributed by atoms with Crippen molar-refractivity contribution in [2.45, 2.75) is 71.3 Å². The van der Waals surface area contributed by atoms with Gasteiger partial charge in [0.05, 0.1) is 0 Å². The average Bonchev–Trinajstić information content (AvgIpc) is 2.97.